The quantitative estimate of drug-likeness (QED) is 0.406. The van der Waals surface area contributed by atoms with Gasteiger partial charge in [0.2, 0.25) is 0 Å². The van der Waals surface area contributed by atoms with Crippen LogP contribution in [-0.2, 0) is 7.05 Å². The standard InChI is InChI=1S/C22H27N3OS/c1-15(2)20-11-10-19(14-17(20)4)26-12-13-27-22-24-23-21(25(22)5)18-8-6-16(3)7-9-18/h6-11,14-15H,12-13H2,1-5H3. The highest BCUT2D eigenvalue weighted by molar-refractivity contribution is 7.99. The highest BCUT2D eigenvalue weighted by Gasteiger charge is 2.11. The van der Waals surface area contributed by atoms with Crippen molar-refractivity contribution in [3.05, 3.63) is 59.2 Å². The Labute approximate surface area is 166 Å². The average molecular weight is 382 g/mol. The first kappa shape index (κ1) is 19.5. The molecule has 0 fully saturated rings. The fourth-order valence-electron chi connectivity index (χ4n) is 3.07. The first-order valence-electron chi connectivity index (χ1n) is 9.28. The van der Waals surface area contributed by atoms with Gasteiger partial charge in [0.1, 0.15) is 5.75 Å². The average Bonchev–Trinajstić information content (AvgIpc) is 3.00. The maximum absolute atomic E-state index is 5.91. The molecule has 3 rings (SSSR count). The summed E-state index contributed by atoms with van der Waals surface area (Å²) in [5.41, 5.74) is 4.98. The Kier molecular flexibility index (Phi) is 6.22. The molecule has 2 aromatic carbocycles. The van der Waals surface area contributed by atoms with Gasteiger partial charge in [-0.25, -0.2) is 0 Å². The molecular weight excluding hydrogens is 354 g/mol. The van der Waals surface area contributed by atoms with E-state index in [4.69, 9.17) is 4.74 Å². The second-order valence-electron chi connectivity index (χ2n) is 7.10. The largest absolute Gasteiger partial charge is 0.493 e. The van der Waals surface area contributed by atoms with E-state index in [0.29, 0.717) is 12.5 Å². The van der Waals surface area contributed by atoms with Crippen molar-refractivity contribution in [2.24, 2.45) is 7.05 Å². The van der Waals surface area contributed by atoms with Crippen molar-refractivity contribution in [3.63, 3.8) is 0 Å². The number of thioether (sulfide) groups is 1. The summed E-state index contributed by atoms with van der Waals surface area (Å²) < 4.78 is 7.95. The zero-order chi connectivity index (χ0) is 19.4. The number of benzene rings is 2. The van der Waals surface area contributed by atoms with E-state index in [2.05, 4.69) is 80.4 Å². The smallest absolute Gasteiger partial charge is 0.191 e. The molecule has 5 heteroatoms. The summed E-state index contributed by atoms with van der Waals surface area (Å²) in [5, 5.41) is 9.57. The maximum atomic E-state index is 5.91. The van der Waals surface area contributed by atoms with Gasteiger partial charge in [0.25, 0.3) is 0 Å². The van der Waals surface area contributed by atoms with Crippen LogP contribution < -0.4 is 4.74 Å². The van der Waals surface area contributed by atoms with E-state index >= 15 is 0 Å². The minimum absolute atomic E-state index is 0.535. The Balaban J connectivity index is 1.55. The fraction of sp³-hybridized carbons (Fsp3) is 0.364. The Bertz CT molecular complexity index is 900. The first-order chi connectivity index (χ1) is 13.0. The molecule has 0 atom stereocenters. The van der Waals surface area contributed by atoms with Gasteiger partial charge in [-0.05, 0) is 43.0 Å². The van der Waals surface area contributed by atoms with Crippen LogP contribution in [0.4, 0.5) is 0 Å². The molecule has 0 N–H and O–H groups in total. The van der Waals surface area contributed by atoms with Crippen LogP contribution in [0.2, 0.25) is 0 Å². The number of ether oxygens (including phenoxy) is 1. The van der Waals surface area contributed by atoms with E-state index in [1.54, 1.807) is 11.8 Å². The van der Waals surface area contributed by atoms with Crippen LogP contribution >= 0.6 is 11.8 Å². The topological polar surface area (TPSA) is 39.9 Å². The molecular formula is C22H27N3OS. The van der Waals surface area contributed by atoms with E-state index < -0.39 is 0 Å². The highest BCUT2D eigenvalue weighted by Crippen LogP contribution is 2.25. The van der Waals surface area contributed by atoms with Crippen LogP contribution in [-0.4, -0.2) is 27.1 Å². The Morgan fingerprint density at radius 2 is 1.78 bits per heavy atom. The van der Waals surface area contributed by atoms with E-state index in [1.165, 1.54) is 16.7 Å². The zero-order valence-corrected chi connectivity index (χ0v) is 17.5. The van der Waals surface area contributed by atoms with Gasteiger partial charge in [0, 0.05) is 18.4 Å². The Morgan fingerprint density at radius 3 is 2.44 bits per heavy atom. The molecule has 0 radical (unpaired) electrons. The Morgan fingerprint density at radius 1 is 1.04 bits per heavy atom. The summed E-state index contributed by atoms with van der Waals surface area (Å²) in [4.78, 5) is 0. The van der Waals surface area contributed by atoms with Crippen LogP contribution in [0, 0.1) is 13.8 Å². The monoisotopic (exact) mass is 381 g/mol. The molecule has 27 heavy (non-hydrogen) atoms. The summed E-state index contributed by atoms with van der Waals surface area (Å²) in [6.45, 7) is 9.29. The second kappa shape index (κ2) is 8.61. The Hall–Kier alpha value is -2.27. The molecule has 0 aliphatic carbocycles. The van der Waals surface area contributed by atoms with E-state index in [0.717, 1.165) is 28.0 Å². The van der Waals surface area contributed by atoms with Gasteiger partial charge in [-0.2, -0.15) is 0 Å². The zero-order valence-electron chi connectivity index (χ0n) is 16.7. The predicted molar refractivity (Wildman–Crippen MR) is 113 cm³/mol. The molecule has 0 saturated carbocycles. The van der Waals surface area contributed by atoms with Gasteiger partial charge in [-0.3, -0.25) is 0 Å². The van der Waals surface area contributed by atoms with Gasteiger partial charge in [0.15, 0.2) is 11.0 Å². The predicted octanol–water partition coefficient (Wildman–Crippen LogP) is 5.39. The normalized spacial score (nSPS) is 11.2. The van der Waals surface area contributed by atoms with Crippen molar-refractivity contribution in [1.29, 1.82) is 0 Å². The van der Waals surface area contributed by atoms with E-state index in [-0.39, 0.29) is 0 Å². The second-order valence-corrected chi connectivity index (χ2v) is 8.16. The molecule has 142 valence electrons. The number of rotatable bonds is 7. The third-order valence-corrected chi connectivity index (χ3v) is 5.58. The molecule has 1 aromatic heterocycles. The minimum Gasteiger partial charge on any atom is -0.493 e. The number of aryl methyl sites for hydroxylation is 2. The third-order valence-electron chi connectivity index (χ3n) is 4.59. The molecule has 4 nitrogen and oxygen atoms in total. The number of hydrogen-bond donors (Lipinski definition) is 0. The molecule has 3 aromatic rings. The van der Waals surface area contributed by atoms with E-state index in [1.807, 2.05) is 11.6 Å². The lowest BCUT2D eigenvalue weighted by Crippen LogP contribution is -2.03. The minimum atomic E-state index is 0.535. The van der Waals surface area contributed by atoms with Crippen LogP contribution in [0.1, 0.15) is 36.5 Å². The maximum Gasteiger partial charge on any atom is 0.191 e. The molecule has 1 heterocycles. The van der Waals surface area contributed by atoms with Crippen LogP contribution in [0.3, 0.4) is 0 Å². The molecule has 0 aliphatic heterocycles. The molecule has 0 unspecified atom stereocenters. The van der Waals surface area contributed by atoms with Crippen LogP contribution in [0.15, 0.2) is 47.6 Å². The van der Waals surface area contributed by atoms with E-state index in [9.17, 15) is 0 Å². The van der Waals surface area contributed by atoms with Crippen molar-refractivity contribution >= 4 is 11.8 Å². The van der Waals surface area contributed by atoms with Crippen molar-refractivity contribution in [2.45, 2.75) is 38.8 Å². The third kappa shape index (κ3) is 4.72. The molecule has 0 bridgehead atoms. The van der Waals surface area contributed by atoms with Crippen molar-refractivity contribution in [1.82, 2.24) is 14.8 Å². The van der Waals surface area contributed by atoms with Crippen molar-refractivity contribution in [3.8, 4) is 17.1 Å². The number of nitrogens with zero attached hydrogens (tertiary/aromatic N) is 3. The molecule has 0 spiro atoms. The molecule has 0 aliphatic rings. The van der Waals surface area contributed by atoms with Crippen LogP contribution in [0.25, 0.3) is 11.4 Å². The summed E-state index contributed by atoms with van der Waals surface area (Å²) in [5.74, 6) is 3.17. The van der Waals surface area contributed by atoms with Gasteiger partial charge < -0.3 is 9.30 Å². The lowest BCUT2D eigenvalue weighted by molar-refractivity contribution is 0.343. The SMILES string of the molecule is Cc1ccc(-c2nnc(SCCOc3ccc(C(C)C)c(C)c3)n2C)cc1. The van der Waals surface area contributed by atoms with Gasteiger partial charge >= 0.3 is 0 Å². The summed E-state index contributed by atoms with van der Waals surface area (Å²) >= 11 is 1.66. The van der Waals surface area contributed by atoms with Gasteiger partial charge in [0.05, 0.1) is 6.61 Å². The fourth-order valence-corrected chi connectivity index (χ4v) is 3.80. The van der Waals surface area contributed by atoms with Crippen LogP contribution in [0.5, 0.6) is 5.75 Å². The van der Waals surface area contributed by atoms with Crippen molar-refractivity contribution < 1.29 is 4.74 Å². The lowest BCUT2D eigenvalue weighted by Gasteiger charge is -2.12. The number of hydrogen-bond acceptors (Lipinski definition) is 4. The molecule has 0 saturated heterocycles. The van der Waals surface area contributed by atoms with Gasteiger partial charge in [-0.1, -0.05) is 61.5 Å². The van der Waals surface area contributed by atoms with Gasteiger partial charge in [-0.15, -0.1) is 10.2 Å². The number of aromatic nitrogens is 3. The summed E-state index contributed by atoms with van der Waals surface area (Å²) in [6.07, 6.45) is 0. The lowest BCUT2D eigenvalue weighted by atomic mass is 9.98. The highest BCUT2D eigenvalue weighted by atomic mass is 32.2. The van der Waals surface area contributed by atoms with Crippen molar-refractivity contribution in [2.75, 3.05) is 12.4 Å². The first-order valence-corrected chi connectivity index (χ1v) is 10.3. The summed E-state index contributed by atoms with van der Waals surface area (Å²) in [7, 11) is 2.01. The molecule has 0 amide bonds. The summed E-state index contributed by atoms with van der Waals surface area (Å²) in [6, 6.07) is 14.7.